The van der Waals surface area contributed by atoms with E-state index in [1.54, 1.807) is 18.2 Å². The number of hydrogen-bond donors (Lipinski definition) is 0. The Balaban J connectivity index is 1.88. The average Bonchev–Trinajstić information content (AvgIpc) is 2.44. The van der Waals surface area contributed by atoms with Crippen molar-refractivity contribution in [1.29, 1.82) is 0 Å². The van der Waals surface area contributed by atoms with E-state index in [2.05, 4.69) is 15.9 Å². The molecule has 0 saturated heterocycles. The van der Waals surface area contributed by atoms with Gasteiger partial charge in [-0.05, 0) is 35.9 Å². The lowest BCUT2D eigenvalue weighted by molar-refractivity contribution is 0.0726. The molecule has 2 rings (SSSR count). The molecule has 20 heavy (non-hydrogen) atoms. The molecule has 0 saturated carbocycles. The molecule has 0 atom stereocenters. The van der Waals surface area contributed by atoms with Crippen LogP contribution >= 0.6 is 39.1 Å². The Morgan fingerprint density at radius 1 is 1.05 bits per heavy atom. The van der Waals surface area contributed by atoms with E-state index in [9.17, 15) is 4.79 Å². The molecular weight excluding hydrogens is 363 g/mol. The smallest absolute Gasteiger partial charge is 0.188 e. The van der Waals surface area contributed by atoms with E-state index in [1.165, 1.54) is 0 Å². The first-order chi connectivity index (χ1) is 9.56. The fourth-order valence-electron chi connectivity index (χ4n) is 1.60. The van der Waals surface area contributed by atoms with Crippen molar-refractivity contribution >= 4 is 44.9 Å². The van der Waals surface area contributed by atoms with Gasteiger partial charge in [0.25, 0.3) is 0 Å². The number of carbonyl (C=O) groups excluding carboxylic acids is 1. The van der Waals surface area contributed by atoms with Crippen molar-refractivity contribution < 1.29 is 9.53 Å². The second kappa shape index (κ2) is 7.23. The zero-order valence-corrected chi connectivity index (χ0v) is 13.5. The molecule has 2 nitrogen and oxygen atoms in total. The van der Waals surface area contributed by atoms with Crippen LogP contribution in [0.1, 0.15) is 15.9 Å². The number of hydrogen-bond acceptors (Lipinski definition) is 2. The van der Waals surface area contributed by atoms with Gasteiger partial charge in [-0.2, -0.15) is 0 Å². The van der Waals surface area contributed by atoms with Gasteiger partial charge in [-0.15, -0.1) is 0 Å². The van der Waals surface area contributed by atoms with Gasteiger partial charge in [0.05, 0.1) is 16.7 Å². The minimum atomic E-state index is -0.124. The van der Waals surface area contributed by atoms with Crippen molar-refractivity contribution in [3.63, 3.8) is 0 Å². The summed E-state index contributed by atoms with van der Waals surface area (Å²) in [4.78, 5) is 11.9. The maximum absolute atomic E-state index is 11.9. The predicted molar refractivity (Wildman–Crippen MR) is 84.6 cm³/mol. The molecule has 0 spiro atoms. The van der Waals surface area contributed by atoms with Gasteiger partial charge in [0, 0.05) is 10.0 Å². The zero-order valence-electron chi connectivity index (χ0n) is 10.4. The normalized spacial score (nSPS) is 10.6. The Bertz CT molecular complexity index is 612. The summed E-state index contributed by atoms with van der Waals surface area (Å²) in [7, 11) is 0. The van der Waals surface area contributed by atoms with Crippen LogP contribution in [0.5, 0.6) is 0 Å². The van der Waals surface area contributed by atoms with Crippen molar-refractivity contribution in [2.24, 2.45) is 0 Å². The second-order valence-electron chi connectivity index (χ2n) is 4.17. The van der Waals surface area contributed by atoms with Crippen LogP contribution in [0.25, 0.3) is 0 Å². The fourth-order valence-corrected chi connectivity index (χ4v) is 2.16. The molecule has 2 aromatic rings. The Morgan fingerprint density at radius 3 is 2.40 bits per heavy atom. The van der Waals surface area contributed by atoms with Crippen LogP contribution in [-0.4, -0.2) is 12.4 Å². The van der Waals surface area contributed by atoms with Gasteiger partial charge in [0.15, 0.2) is 5.78 Å². The largest absolute Gasteiger partial charge is 0.369 e. The summed E-state index contributed by atoms with van der Waals surface area (Å²) in [6.07, 6.45) is 0. The Kier molecular flexibility index (Phi) is 5.61. The quantitative estimate of drug-likeness (QED) is 0.677. The number of ketones is 1. The van der Waals surface area contributed by atoms with E-state index in [4.69, 9.17) is 27.9 Å². The molecule has 0 fully saturated rings. The standard InChI is InChI=1S/C15H11BrCl2O2/c16-12-4-1-10(2-5-12)8-20-9-15(19)11-3-6-13(17)14(18)7-11/h1-7H,8-9H2. The van der Waals surface area contributed by atoms with Gasteiger partial charge in [0.2, 0.25) is 0 Å². The minimum Gasteiger partial charge on any atom is -0.369 e. The highest BCUT2D eigenvalue weighted by Gasteiger charge is 2.08. The first-order valence-electron chi connectivity index (χ1n) is 5.86. The minimum absolute atomic E-state index is 0.00796. The maximum atomic E-state index is 11.9. The van der Waals surface area contributed by atoms with Crippen LogP contribution in [0.2, 0.25) is 10.0 Å². The lowest BCUT2D eigenvalue weighted by atomic mass is 10.1. The Morgan fingerprint density at radius 2 is 1.75 bits per heavy atom. The summed E-state index contributed by atoms with van der Waals surface area (Å²) >= 11 is 15.0. The zero-order chi connectivity index (χ0) is 14.5. The van der Waals surface area contributed by atoms with E-state index in [0.29, 0.717) is 22.2 Å². The van der Waals surface area contributed by atoms with Gasteiger partial charge >= 0.3 is 0 Å². The first-order valence-corrected chi connectivity index (χ1v) is 7.41. The first kappa shape index (κ1) is 15.5. The van der Waals surface area contributed by atoms with Gasteiger partial charge in [-0.3, -0.25) is 4.79 Å². The van der Waals surface area contributed by atoms with E-state index in [-0.39, 0.29) is 12.4 Å². The molecule has 0 heterocycles. The number of Topliss-reactive ketones (excluding diaryl/α,β-unsaturated/α-hetero) is 1. The van der Waals surface area contributed by atoms with Crippen LogP contribution in [0.3, 0.4) is 0 Å². The molecule has 0 aliphatic carbocycles. The molecule has 0 amide bonds. The molecule has 0 aromatic heterocycles. The summed E-state index contributed by atoms with van der Waals surface area (Å²) in [5.74, 6) is -0.124. The third-order valence-electron chi connectivity index (χ3n) is 2.66. The highest BCUT2D eigenvalue weighted by atomic mass is 79.9. The summed E-state index contributed by atoms with van der Waals surface area (Å²) in [6.45, 7) is 0.397. The predicted octanol–water partition coefficient (Wildman–Crippen LogP) is 5.16. The maximum Gasteiger partial charge on any atom is 0.188 e. The van der Waals surface area contributed by atoms with Crippen LogP contribution in [-0.2, 0) is 11.3 Å². The van der Waals surface area contributed by atoms with Gasteiger partial charge < -0.3 is 4.74 Å². The fraction of sp³-hybridized carbons (Fsp3) is 0.133. The topological polar surface area (TPSA) is 26.3 Å². The molecule has 0 N–H and O–H groups in total. The molecule has 0 radical (unpaired) electrons. The van der Waals surface area contributed by atoms with Gasteiger partial charge in [-0.1, -0.05) is 51.3 Å². The number of benzene rings is 2. The van der Waals surface area contributed by atoms with E-state index in [0.717, 1.165) is 10.0 Å². The Hall–Kier alpha value is -0.870. The van der Waals surface area contributed by atoms with Crippen LogP contribution in [0.4, 0.5) is 0 Å². The SMILES string of the molecule is O=C(COCc1ccc(Br)cc1)c1ccc(Cl)c(Cl)c1. The van der Waals surface area contributed by atoms with Crippen LogP contribution in [0.15, 0.2) is 46.9 Å². The third kappa shape index (κ3) is 4.32. The molecule has 0 aliphatic rings. The second-order valence-corrected chi connectivity index (χ2v) is 5.90. The monoisotopic (exact) mass is 372 g/mol. The van der Waals surface area contributed by atoms with Crippen LogP contribution < -0.4 is 0 Å². The molecule has 0 aliphatic heterocycles. The highest BCUT2D eigenvalue weighted by Crippen LogP contribution is 2.22. The lowest BCUT2D eigenvalue weighted by Crippen LogP contribution is -2.09. The van der Waals surface area contributed by atoms with Gasteiger partial charge in [0.1, 0.15) is 6.61 Å². The summed E-state index contributed by atoms with van der Waals surface area (Å²) in [5.41, 5.74) is 1.50. The average molecular weight is 374 g/mol. The molecule has 104 valence electrons. The summed E-state index contributed by atoms with van der Waals surface area (Å²) < 4.78 is 6.41. The van der Waals surface area contributed by atoms with E-state index in [1.807, 2.05) is 24.3 Å². The highest BCUT2D eigenvalue weighted by molar-refractivity contribution is 9.10. The van der Waals surface area contributed by atoms with Crippen molar-refractivity contribution in [1.82, 2.24) is 0 Å². The lowest BCUT2D eigenvalue weighted by Gasteiger charge is -2.05. The molecule has 0 unspecified atom stereocenters. The summed E-state index contributed by atoms with van der Waals surface area (Å²) in [6, 6.07) is 12.5. The van der Waals surface area contributed by atoms with E-state index < -0.39 is 0 Å². The van der Waals surface area contributed by atoms with Crippen LogP contribution in [0, 0.1) is 0 Å². The number of carbonyl (C=O) groups is 1. The third-order valence-corrected chi connectivity index (χ3v) is 3.92. The summed E-state index contributed by atoms with van der Waals surface area (Å²) in [5, 5.41) is 0.796. The number of rotatable bonds is 5. The van der Waals surface area contributed by atoms with Crippen molar-refractivity contribution in [2.45, 2.75) is 6.61 Å². The van der Waals surface area contributed by atoms with Crippen molar-refractivity contribution in [3.05, 3.63) is 68.1 Å². The Labute approximate surface area is 135 Å². The number of halogens is 3. The molecule has 0 bridgehead atoms. The van der Waals surface area contributed by atoms with Crippen molar-refractivity contribution in [3.8, 4) is 0 Å². The molecular formula is C15H11BrCl2O2. The van der Waals surface area contributed by atoms with Crippen molar-refractivity contribution in [2.75, 3.05) is 6.61 Å². The van der Waals surface area contributed by atoms with Gasteiger partial charge in [-0.25, -0.2) is 0 Å². The molecule has 5 heteroatoms. The molecule has 2 aromatic carbocycles. The number of ether oxygens (including phenoxy) is 1. The van der Waals surface area contributed by atoms with E-state index >= 15 is 0 Å².